The first-order valence-electron chi connectivity index (χ1n) is 4.18. The minimum atomic E-state index is 0.733. The molecule has 0 amide bonds. The van der Waals surface area contributed by atoms with Crippen LogP contribution < -0.4 is 10.1 Å². The Morgan fingerprint density at radius 3 is 3.08 bits per heavy atom. The molecule has 2 heteroatoms. The van der Waals surface area contributed by atoms with Gasteiger partial charge in [-0.1, -0.05) is 6.07 Å². The molecule has 0 heterocycles. The average molecular weight is 175 g/mol. The highest BCUT2D eigenvalue weighted by atomic mass is 16.5. The van der Waals surface area contributed by atoms with Crippen LogP contribution in [0.25, 0.3) is 0 Å². The summed E-state index contributed by atoms with van der Waals surface area (Å²) in [5.41, 5.74) is 1.04. The summed E-state index contributed by atoms with van der Waals surface area (Å²) in [7, 11) is 1.65. The van der Waals surface area contributed by atoms with E-state index in [1.807, 2.05) is 24.3 Å². The lowest BCUT2D eigenvalue weighted by molar-refractivity contribution is 0.415. The zero-order chi connectivity index (χ0) is 9.52. The van der Waals surface area contributed by atoms with Crippen LogP contribution in [-0.4, -0.2) is 13.7 Å². The Labute approximate surface area is 78.9 Å². The van der Waals surface area contributed by atoms with Crippen molar-refractivity contribution in [2.45, 2.75) is 6.42 Å². The van der Waals surface area contributed by atoms with Crippen LogP contribution >= 0.6 is 0 Å². The molecule has 0 bridgehead atoms. The first-order chi connectivity index (χ1) is 6.36. The van der Waals surface area contributed by atoms with Gasteiger partial charge in [0.05, 0.1) is 7.11 Å². The molecule has 0 unspecified atom stereocenters. The Hall–Kier alpha value is -1.62. The molecule has 0 saturated heterocycles. The van der Waals surface area contributed by atoms with Crippen LogP contribution in [0.5, 0.6) is 5.75 Å². The molecule has 1 aromatic rings. The van der Waals surface area contributed by atoms with Crippen molar-refractivity contribution in [3.8, 4) is 18.1 Å². The number of hydrogen-bond acceptors (Lipinski definition) is 2. The quantitative estimate of drug-likeness (QED) is 0.559. The largest absolute Gasteiger partial charge is 0.497 e. The Balaban J connectivity index is 2.52. The van der Waals surface area contributed by atoms with Crippen molar-refractivity contribution < 1.29 is 4.74 Å². The van der Waals surface area contributed by atoms with Gasteiger partial charge in [0.25, 0.3) is 0 Å². The Bertz CT molecular complexity index is 301. The highest BCUT2D eigenvalue weighted by Crippen LogP contribution is 2.16. The van der Waals surface area contributed by atoms with E-state index in [0.717, 1.165) is 24.4 Å². The van der Waals surface area contributed by atoms with Crippen LogP contribution in [0.1, 0.15) is 6.42 Å². The zero-order valence-corrected chi connectivity index (χ0v) is 7.71. The van der Waals surface area contributed by atoms with E-state index in [1.54, 1.807) is 7.11 Å². The minimum absolute atomic E-state index is 0.733. The van der Waals surface area contributed by atoms with Gasteiger partial charge in [-0.3, -0.25) is 0 Å². The van der Waals surface area contributed by atoms with Crippen molar-refractivity contribution in [1.82, 2.24) is 0 Å². The van der Waals surface area contributed by atoms with Crippen molar-refractivity contribution >= 4 is 5.69 Å². The average Bonchev–Trinajstić information content (AvgIpc) is 2.19. The maximum Gasteiger partial charge on any atom is 0.120 e. The summed E-state index contributed by atoms with van der Waals surface area (Å²) in [5.74, 6) is 3.43. The number of terminal acetylenes is 1. The fraction of sp³-hybridized carbons (Fsp3) is 0.273. The van der Waals surface area contributed by atoms with Crippen molar-refractivity contribution in [2.75, 3.05) is 19.0 Å². The number of ether oxygens (including phenoxy) is 1. The van der Waals surface area contributed by atoms with Crippen LogP contribution in [0.4, 0.5) is 5.69 Å². The summed E-state index contributed by atoms with van der Waals surface area (Å²) in [5, 5.41) is 3.20. The van der Waals surface area contributed by atoms with E-state index in [9.17, 15) is 0 Å². The third-order valence-electron chi connectivity index (χ3n) is 1.67. The standard InChI is InChI=1S/C11H13NO/c1-3-4-8-12-10-6-5-7-11(9-10)13-2/h1,5-7,9,12H,4,8H2,2H3. The third kappa shape index (κ3) is 3.08. The molecule has 1 rings (SSSR count). The van der Waals surface area contributed by atoms with E-state index in [-0.39, 0.29) is 0 Å². The predicted molar refractivity (Wildman–Crippen MR) is 54.9 cm³/mol. The Kier molecular flexibility index (Phi) is 3.72. The van der Waals surface area contributed by atoms with Gasteiger partial charge in [0.15, 0.2) is 0 Å². The van der Waals surface area contributed by atoms with Gasteiger partial charge in [-0.2, -0.15) is 0 Å². The number of anilines is 1. The van der Waals surface area contributed by atoms with Crippen LogP contribution in [-0.2, 0) is 0 Å². The van der Waals surface area contributed by atoms with Gasteiger partial charge in [-0.15, -0.1) is 12.3 Å². The zero-order valence-electron chi connectivity index (χ0n) is 7.71. The van der Waals surface area contributed by atoms with Crippen molar-refractivity contribution in [3.63, 3.8) is 0 Å². The Morgan fingerprint density at radius 2 is 2.38 bits per heavy atom. The second-order valence-corrected chi connectivity index (χ2v) is 2.61. The smallest absolute Gasteiger partial charge is 0.120 e. The molecular weight excluding hydrogens is 162 g/mol. The van der Waals surface area contributed by atoms with E-state index in [2.05, 4.69) is 11.2 Å². The van der Waals surface area contributed by atoms with Gasteiger partial charge in [0, 0.05) is 24.7 Å². The van der Waals surface area contributed by atoms with Crippen LogP contribution in [0.15, 0.2) is 24.3 Å². The molecule has 1 N–H and O–H groups in total. The van der Waals surface area contributed by atoms with Crippen molar-refractivity contribution in [2.24, 2.45) is 0 Å². The van der Waals surface area contributed by atoms with Crippen molar-refractivity contribution in [1.29, 1.82) is 0 Å². The second kappa shape index (κ2) is 5.10. The maximum absolute atomic E-state index is 5.13. The summed E-state index contributed by atoms with van der Waals surface area (Å²) < 4.78 is 5.08. The van der Waals surface area contributed by atoms with E-state index in [0.29, 0.717) is 0 Å². The number of hydrogen-bond donors (Lipinski definition) is 1. The van der Waals surface area contributed by atoms with Gasteiger partial charge >= 0.3 is 0 Å². The molecule has 0 saturated carbocycles. The number of rotatable bonds is 4. The van der Waals surface area contributed by atoms with E-state index >= 15 is 0 Å². The molecule has 13 heavy (non-hydrogen) atoms. The summed E-state index contributed by atoms with van der Waals surface area (Å²) >= 11 is 0. The Morgan fingerprint density at radius 1 is 1.54 bits per heavy atom. The summed E-state index contributed by atoms with van der Waals surface area (Å²) in [4.78, 5) is 0. The fourth-order valence-corrected chi connectivity index (χ4v) is 1.01. The van der Waals surface area contributed by atoms with Crippen LogP contribution in [0, 0.1) is 12.3 Å². The third-order valence-corrected chi connectivity index (χ3v) is 1.67. The molecule has 0 spiro atoms. The molecule has 1 aromatic carbocycles. The predicted octanol–water partition coefficient (Wildman–Crippen LogP) is 2.13. The molecule has 68 valence electrons. The van der Waals surface area contributed by atoms with E-state index in [4.69, 9.17) is 11.2 Å². The van der Waals surface area contributed by atoms with Gasteiger partial charge in [0.2, 0.25) is 0 Å². The first kappa shape index (κ1) is 9.47. The second-order valence-electron chi connectivity index (χ2n) is 2.61. The summed E-state index contributed by atoms with van der Waals surface area (Å²) in [6, 6.07) is 7.78. The minimum Gasteiger partial charge on any atom is -0.497 e. The van der Waals surface area contributed by atoms with Gasteiger partial charge in [-0.05, 0) is 12.1 Å². The molecule has 0 atom stereocenters. The molecule has 0 aromatic heterocycles. The highest BCUT2D eigenvalue weighted by molar-refractivity contribution is 5.48. The normalized spacial score (nSPS) is 8.92. The molecule has 0 fully saturated rings. The number of methoxy groups -OCH3 is 1. The molecule has 2 nitrogen and oxygen atoms in total. The number of benzene rings is 1. The molecule has 0 aliphatic heterocycles. The molecule has 0 aliphatic carbocycles. The lowest BCUT2D eigenvalue weighted by Crippen LogP contribution is -1.99. The molecule has 0 radical (unpaired) electrons. The van der Waals surface area contributed by atoms with Gasteiger partial charge in [-0.25, -0.2) is 0 Å². The van der Waals surface area contributed by atoms with Crippen LogP contribution in [0.2, 0.25) is 0 Å². The molecular formula is C11H13NO. The topological polar surface area (TPSA) is 21.3 Å². The van der Waals surface area contributed by atoms with Crippen molar-refractivity contribution in [3.05, 3.63) is 24.3 Å². The van der Waals surface area contributed by atoms with Gasteiger partial charge in [0.1, 0.15) is 5.75 Å². The lowest BCUT2D eigenvalue weighted by atomic mass is 10.3. The maximum atomic E-state index is 5.13. The SMILES string of the molecule is C#CCCNc1cccc(OC)c1. The summed E-state index contributed by atoms with van der Waals surface area (Å²) in [6.45, 7) is 0.795. The fourth-order valence-electron chi connectivity index (χ4n) is 1.01. The monoisotopic (exact) mass is 175 g/mol. The lowest BCUT2D eigenvalue weighted by Gasteiger charge is -2.05. The van der Waals surface area contributed by atoms with Crippen LogP contribution in [0.3, 0.4) is 0 Å². The first-order valence-corrected chi connectivity index (χ1v) is 4.18. The molecule has 0 aliphatic rings. The number of nitrogens with one attached hydrogen (secondary N) is 1. The highest BCUT2D eigenvalue weighted by Gasteiger charge is 1.93. The summed E-state index contributed by atoms with van der Waals surface area (Å²) in [6.07, 6.45) is 5.87. The van der Waals surface area contributed by atoms with E-state index in [1.165, 1.54) is 0 Å². The van der Waals surface area contributed by atoms with Gasteiger partial charge < -0.3 is 10.1 Å². The van der Waals surface area contributed by atoms with E-state index < -0.39 is 0 Å².